The van der Waals surface area contributed by atoms with E-state index in [9.17, 15) is 18.0 Å². The van der Waals surface area contributed by atoms with Crippen molar-refractivity contribution < 1.29 is 18.0 Å². The van der Waals surface area contributed by atoms with Gasteiger partial charge in [-0.1, -0.05) is 54.4 Å². The number of carbonyl (C=O) groups is 2. The van der Waals surface area contributed by atoms with Crippen LogP contribution in [0.4, 0.5) is 5.69 Å². The van der Waals surface area contributed by atoms with E-state index in [1.54, 1.807) is 30.3 Å². The van der Waals surface area contributed by atoms with Gasteiger partial charge in [0.1, 0.15) is 6.04 Å². The third-order valence-corrected chi connectivity index (χ3v) is 7.55. The number of hydrogen-bond acceptors (Lipinski definition) is 4. The summed E-state index contributed by atoms with van der Waals surface area (Å²) in [5, 5.41) is 3.60. The second kappa shape index (κ2) is 13.1. The Morgan fingerprint density at radius 2 is 1.66 bits per heavy atom. The fourth-order valence-electron chi connectivity index (χ4n) is 3.89. The quantitative estimate of drug-likeness (QED) is 0.418. The van der Waals surface area contributed by atoms with Crippen LogP contribution in [-0.2, 0) is 26.2 Å². The Hall–Kier alpha value is -2.29. The molecule has 0 radical (unpaired) electrons. The molecule has 0 aromatic heterocycles. The SMILES string of the molecule is CCNC(=O)C(CC)N(Cc1c(Cl)cccc1Cl)C(=O)CCCN(c1ccccc1C)S(C)(=O)=O. The highest BCUT2D eigenvalue weighted by Crippen LogP contribution is 2.28. The van der Waals surface area contributed by atoms with Crippen molar-refractivity contribution in [2.45, 2.75) is 52.6 Å². The Balaban J connectivity index is 2.27. The minimum absolute atomic E-state index is 0.0515. The van der Waals surface area contributed by atoms with Gasteiger partial charge in [-0.3, -0.25) is 13.9 Å². The second-order valence-corrected chi connectivity index (χ2v) is 11.0. The standard InChI is InChI=1S/C25H33Cl2N3O4S/c1-5-22(25(32)28-6-2)29(17-19-20(26)12-9-13-21(19)27)24(31)15-10-16-30(35(4,33)34)23-14-8-7-11-18(23)3/h7-9,11-14,22H,5-6,10,15-17H2,1-4H3,(H,28,32). The molecule has 0 aliphatic rings. The van der Waals surface area contributed by atoms with Crippen LogP contribution in [0.2, 0.25) is 10.0 Å². The summed E-state index contributed by atoms with van der Waals surface area (Å²) in [6, 6.07) is 11.6. The van der Waals surface area contributed by atoms with E-state index in [0.717, 1.165) is 11.8 Å². The number of nitrogens with one attached hydrogen (secondary N) is 1. The van der Waals surface area contributed by atoms with Gasteiger partial charge in [-0.05, 0) is 50.5 Å². The van der Waals surface area contributed by atoms with Gasteiger partial charge in [-0.2, -0.15) is 0 Å². The molecule has 2 amide bonds. The van der Waals surface area contributed by atoms with Gasteiger partial charge in [0, 0.05) is 41.7 Å². The molecule has 7 nitrogen and oxygen atoms in total. The van der Waals surface area contributed by atoms with Crippen molar-refractivity contribution in [1.29, 1.82) is 0 Å². The molecule has 0 aliphatic heterocycles. The van der Waals surface area contributed by atoms with Gasteiger partial charge in [-0.25, -0.2) is 8.42 Å². The maximum Gasteiger partial charge on any atom is 0.242 e. The van der Waals surface area contributed by atoms with Crippen molar-refractivity contribution in [3.63, 3.8) is 0 Å². The van der Waals surface area contributed by atoms with Crippen molar-refractivity contribution in [2.24, 2.45) is 0 Å². The van der Waals surface area contributed by atoms with Gasteiger partial charge in [0.15, 0.2) is 0 Å². The van der Waals surface area contributed by atoms with Crippen LogP contribution in [-0.4, -0.2) is 50.5 Å². The van der Waals surface area contributed by atoms with E-state index in [1.807, 2.05) is 32.9 Å². The molecule has 0 spiro atoms. The van der Waals surface area contributed by atoms with Crippen LogP contribution in [0, 0.1) is 6.92 Å². The smallest absolute Gasteiger partial charge is 0.242 e. The number of sulfonamides is 1. The zero-order valence-electron chi connectivity index (χ0n) is 20.6. The number of para-hydroxylation sites is 1. The van der Waals surface area contributed by atoms with Crippen molar-refractivity contribution in [1.82, 2.24) is 10.2 Å². The monoisotopic (exact) mass is 541 g/mol. The average molecular weight is 543 g/mol. The van der Waals surface area contributed by atoms with Gasteiger partial charge in [0.25, 0.3) is 0 Å². The van der Waals surface area contributed by atoms with E-state index in [4.69, 9.17) is 23.2 Å². The largest absolute Gasteiger partial charge is 0.355 e. The third-order valence-electron chi connectivity index (χ3n) is 5.66. The Kier molecular flexibility index (Phi) is 10.9. The number of rotatable bonds is 12. The molecular formula is C25H33Cl2N3O4S. The summed E-state index contributed by atoms with van der Waals surface area (Å²) in [5.74, 6) is -0.540. The first-order chi connectivity index (χ1) is 16.5. The minimum atomic E-state index is -3.55. The maximum atomic E-state index is 13.4. The zero-order valence-corrected chi connectivity index (χ0v) is 22.9. The van der Waals surface area contributed by atoms with Gasteiger partial charge >= 0.3 is 0 Å². The number of carbonyl (C=O) groups excluding carboxylic acids is 2. The molecule has 192 valence electrons. The molecule has 1 unspecified atom stereocenters. The zero-order chi connectivity index (χ0) is 26.2. The normalized spacial score (nSPS) is 12.2. The summed E-state index contributed by atoms with van der Waals surface area (Å²) < 4.78 is 26.3. The molecule has 0 saturated carbocycles. The number of benzene rings is 2. The predicted molar refractivity (Wildman–Crippen MR) is 142 cm³/mol. The highest BCUT2D eigenvalue weighted by molar-refractivity contribution is 7.92. The fraction of sp³-hybridized carbons (Fsp3) is 0.440. The molecule has 0 aliphatic carbocycles. The van der Waals surface area contributed by atoms with Crippen molar-refractivity contribution in [3.05, 3.63) is 63.6 Å². The van der Waals surface area contributed by atoms with Gasteiger partial charge < -0.3 is 10.2 Å². The lowest BCUT2D eigenvalue weighted by molar-refractivity contribution is -0.141. The van der Waals surface area contributed by atoms with E-state index >= 15 is 0 Å². The summed E-state index contributed by atoms with van der Waals surface area (Å²) in [6.07, 6.45) is 1.88. The highest BCUT2D eigenvalue weighted by atomic mass is 35.5. The minimum Gasteiger partial charge on any atom is -0.355 e. The van der Waals surface area contributed by atoms with E-state index in [-0.39, 0.29) is 37.7 Å². The van der Waals surface area contributed by atoms with Crippen LogP contribution in [0.15, 0.2) is 42.5 Å². The number of anilines is 1. The summed E-state index contributed by atoms with van der Waals surface area (Å²) in [6.45, 7) is 6.12. The first-order valence-corrected chi connectivity index (χ1v) is 14.1. The molecule has 2 aromatic rings. The maximum absolute atomic E-state index is 13.4. The van der Waals surface area contributed by atoms with Crippen LogP contribution in [0.1, 0.15) is 44.2 Å². The summed E-state index contributed by atoms with van der Waals surface area (Å²) in [7, 11) is -3.55. The molecule has 0 saturated heterocycles. The Morgan fingerprint density at radius 1 is 1.03 bits per heavy atom. The molecule has 0 fully saturated rings. The predicted octanol–water partition coefficient (Wildman–Crippen LogP) is 4.79. The number of likely N-dealkylation sites (N-methyl/N-ethyl adjacent to an activating group) is 1. The second-order valence-electron chi connectivity index (χ2n) is 8.27. The molecule has 1 atom stereocenters. The number of aryl methyl sites for hydroxylation is 1. The summed E-state index contributed by atoms with van der Waals surface area (Å²) in [5.41, 5.74) is 1.96. The van der Waals surface area contributed by atoms with Gasteiger partial charge in [0.05, 0.1) is 11.9 Å². The van der Waals surface area contributed by atoms with Crippen LogP contribution >= 0.6 is 23.2 Å². The van der Waals surface area contributed by atoms with Crippen LogP contribution in [0.3, 0.4) is 0 Å². The molecule has 10 heteroatoms. The van der Waals surface area contributed by atoms with E-state index in [1.165, 1.54) is 9.21 Å². The molecule has 0 heterocycles. The topological polar surface area (TPSA) is 86.8 Å². The highest BCUT2D eigenvalue weighted by Gasteiger charge is 2.29. The lowest BCUT2D eigenvalue weighted by atomic mass is 10.1. The summed E-state index contributed by atoms with van der Waals surface area (Å²) in [4.78, 5) is 27.6. The molecule has 2 aromatic carbocycles. The van der Waals surface area contributed by atoms with Crippen LogP contribution in [0.25, 0.3) is 0 Å². The lowest BCUT2D eigenvalue weighted by Crippen LogP contribution is -2.49. The Labute approximate surface area is 218 Å². The number of halogens is 2. The van der Waals surface area contributed by atoms with E-state index < -0.39 is 16.1 Å². The molecule has 2 rings (SSSR count). The first kappa shape index (κ1) is 28.9. The number of hydrogen-bond donors (Lipinski definition) is 1. The Bertz CT molecular complexity index is 1120. The van der Waals surface area contributed by atoms with Crippen molar-refractivity contribution >= 4 is 50.7 Å². The first-order valence-electron chi connectivity index (χ1n) is 11.5. The molecule has 0 bridgehead atoms. The van der Waals surface area contributed by atoms with Crippen molar-refractivity contribution in [2.75, 3.05) is 23.7 Å². The molecule has 35 heavy (non-hydrogen) atoms. The van der Waals surface area contributed by atoms with E-state index in [2.05, 4.69) is 5.32 Å². The molecular weight excluding hydrogens is 509 g/mol. The van der Waals surface area contributed by atoms with Crippen LogP contribution < -0.4 is 9.62 Å². The number of amides is 2. The lowest BCUT2D eigenvalue weighted by Gasteiger charge is -2.31. The van der Waals surface area contributed by atoms with Crippen molar-refractivity contribution in [3.8, 4) is 0 Å². The fourth-order valence-corrected chi connectivity index (χ4v) is 5.43. The van der Waals surface area contributed by atoms with Crippen LogP contribution in [0.5, 0.6) is 0 Å². The van der Waals surface area contributed by atoms with Gasteiger partial charge in [-0.15, -0.1) is 0 Å². The molecule has 1 N–H and O–H groups in total. The number of nitrogens with zero attached hydrogens (tertiary/aromatic N) is 2. The Morgan fingerprint density at radius 3 is 2.20 bits per heavy atom. The third kappa shape index (κ3) is 7.85. The summed E-state index contributed by atoms with van der Waals surface area (Å²) >= 11 is 12.7. The average Bonchev–Trinajstić information content (AvgIpc) is 2.78. The van der Waals surface area contributed by atoms with Gasteiger partial charge in [0.2, 0.25) is 21.8 Å². The van der Waals surface area contributed by atoms with E-state index in [0.29, 0.717) is 34.3 Å².